The van der Waals surface area contributed by atoms with E-state index in [4.69, 9.17) is 4.74 Å². The summed E-state index contributed by atoms with van der Waals surface area (Å²) in [7, 11) is 2.13. The smallest absolute Gasteiger partial charge is 0.140 e. The molecule has 0 spiro atoms. The number of ether oxygens (including phenoxy) is 1. The van der Waals surface area contributed by atoms with Crippen LogP contribution >= 0.6 is 0 Å². The predicted octanol–water partition coefficient (Wildman–Crippen LogP) is 2.34. The van der Waals surface area contributed by atoms with Gasteiger partial charge in [0.15, 0.2) is 0 Å². The summed E-state index contributed by atoms with van der Waals surface area (Å²) < 4.78 is 33.4. The third-order valence-electron chi connectivity index (χ3n) is 5.36. The summed E-state index contributed by atoms with van der Waals surface area (Å²) in [5.74, 6) is 0.294. The van der Waals surface area contributed by atoms with Crippen molar-refractivity contribution in [1.82, 2.24) is 19.8 Å². The van der Waals surface area contributed by atoms with E-state index in [9.17, 15) is 8.78 Å². The molecule has 4 rings (SSSR count). The maximum absolute atomic E-state index is 14.4. The van der Waals surface area contributed by atoms with E-state index in [1.165, 1.54) is 12.1 Å². The molecule has 2 aliphatic heterocycles. The quantitative estimate of drug-likeness (QED) is 0.919. The molecule has 1 N–H and O–H groups in total. The molecule has 3 heterocycles. The summed E-state index contributed by atoms with van der Waals surface area (Å²) in [5, 5.41) is 0. The predicted molar refractivity (Wildman–Crippen MR) is 91.6 cm³/mol. The highest BCUT2D eigenvalue weighted by molar-refractivity contribution is 5.74. The van der Waals surface area contributed by atoms with Crippen LogP contribution in [0.15, 0.2) is 18.2 Å². The minimum absolute atomic E-state index is 0.211. The van der Waals surface area contributed by atoms with Gasteiger partial charge in [0.1, 0.15) is 30.5 Å². The number of halogens is 2. The highest BCUT2D eigenvalue weighted by atomic mass is 19.1. The Kier molecular flexibility index (Phi) is 4.71. The van der Waals surface area contributed by atoms with Crippen LogP contribution in [0.1, 0.15) is 18.7 Å². The maximum atomic E-state index is 14.4. The molecule has 2 atom stereocenters. The number of H-pyrrole nitrogens is 1. The van der Waals surface area contributed by atoms with Gasteiger partial charge < -0.3 is 14.6 Å². The number of nitrogens with one attached hydrogen (secondary N) is 1. The van der Waals surface area contributed by atoms with Gasteiger partial charge in [-0.15, -0.1) is 0 Å². The van der Waals surface area contributed by atoms with Crippen molar-refractivity contribution in [3.05, 3.63) is 29.8 Å². The molecule has 2 fully saturated rings. The van der Waals surface area contributed by atoms with Crippen LogP contribution in [0.25, 0.3) is 11.0 Å². The second-order valence-electron chi connectivity index (χ2n) is 7.20. The van der Waals surface area contributed by atoms with Crippen LogP contribution in [0.3, 0.4) is 0 Å². The molecule has 2 saturated heterocycles. The van der Waals surface area contributed by atoms with E-state index in [1.807, 2.05) is 0 Å². The van der Waals surface area contributed by atoms with Gasteiger partial charge in [-0.25, -0.2) is 13.8 Å². The van der Waals surface area contributed by atoms with E-state index >= 15 is 0 Å². The minimum atomic E-state index is -0.971. The van der Waals surface area contributed by atoms with Crippen molar-refractivity contribution in [2.45, 2.75) is 37.8 Å². The number of benzene rings is 1. The second kappa shape index (κ2) is 6.97. The average Bonchev–Trinajstić information content (AvgIpc) is 3.16. The number of hydrogen-bond donors (Lipinski definition) is 1. The Bertz CT molecular complexity index is 729. The lowest BCUT2D eigenvalue weighted by Crippen LogP contribution is -2.43. The number of alkyl halides is 1. The van der Waals surface area contributed by atoms with Crippen molar-refractivity contribution in [3.8, 4) is 0 Å². The molecule has 2 unspecified atom stereocenters. The molecule has 5 nitrogen and oxygen atoms in total. The molecule has 25 heavy (non-hydrogen) atoms. The standard InChI is InChI=1S/C18H24F2N4O/c1-23-6-4-13(5-7-23)24-9-14(20)17(10-24)25-11-18-21-15-3-2-12(19)8-16(15)22-18/h2-3,8,13-14,17H,4-7,9-11H2,1H3,(H,21,22). The van der Waals surface area contributed by atoms with Gasteiger partial charge in [0, 0.05) is 19.1 Å². The Balaban J connectivity index is 1.34. The number of aromatic nitrogens is 2. The van der Waals surface area contributed by atoms with Crippen LogP contribution in [0.4, 0.5) is 8.78 Å². The lowest BCUT2D eigenvalue weighted by molar-refractivity contribution is 0.00683. The first kappa shape index (κ1) is 16.9. The molecular formula is C18H24F2N4O. The molecule has 7 heteroatoms. The molecule has 2 aliphatic rings. The number of imidazole rings is 1. The van der Waals surface area contributed by atoms with Crippen molar-refractivity contribution in [3.63, 3.8) is 0 Å². The zero-order chi connectivity index (χ0) is 17.4. The number of nitrogens with zero attached hydrogens (tertiary/aromatic N) is 3. The van der Waals surface area contributed by atoms with Crippen LogP contribution in [-0.4, -0.2) is 71.3 Å². The van der Waals surface area contributed by atoms with Crippen molar-refractivity contribution in [1.29, 1.82) is 0 Å². The third kappa shape index (κ3) is 3.68. The number of rotatable bonds is 4. The summed E-state index contributed by atoms with van der Waals surface area (Å²) in [4.78, 5) is 12.0. The van der Waals surface area contributed by atoms with Crippen LogP contribution in [0, 0.1) is 5.82 Å². The van der Waals surface area contributed by atoms with Gasteiger partial charge in [-0.1, -0.05) is 0 Å². The third-order valence-corrected chi connectivity index (χ3v) is 5.36. The highest BCUT2D eigenvalue weighted by Gasteiger charge is 2.37. The first-order valence-corrected chi connectivity index (χ1v) is 8.91. The maximum Gasteiger partial charge on any atom is 0.140 e. The van der Waals surface area contributed by atoms with Gasteiger partial charge in [0.25, 0.3) is 0 Å². The zero-order valence-corrected chi connectivity index (χ0v) is 14.4. The van der Waals surface area contributed by atoms with Crippen LogP contribution in [0.2, 0.25) is 0 Å². The fraction of sp³-hybridized carbons (Fsp3) is 0.611. The van der Waals surface area contributed by atoms with E-state index in [0.29, 0.717) is 36.0 Å². The van der Waals surface area contributed by atoms with Crippen molar-refractivity contribution in [2.75, 3.05) is 33.2 Å². The Morgan fingerprint density at radius 3 is 2.88 bits per heavy atom. The lowest BCUT2D eigenvalue weighted by atomic mass is 10.0. The van der Waals surface area contributed by atoms with Crippen molar-refractivity contribution < 1.29 is 13.5 Å². The largest absolute Gasteiger partial charge is 0.366 e. The SMILES string of the molecule is CN1CCC(N2CC(F)C(OCc3nc4ccc(F)cc4[nH]3)C2)CC1. The molecule has 1 aromatic carbocycles. The lowest BCUT2D eigenvalue weighted by Gasteiger charge is -2.34. The molecule has 0 amide bonds. The van der Waals surface area contributed by atoms with Gasteiger partial charge in [-0.2, -0.15) is 0 Å². The fourth-order valence-corrected chi connectivity index (χ4v) is 3.87. The fourth-order valence-electron chi connectivity index (χ4n) is 3.87. The Labute approximate surface area is 146 Å². The van der Waals surface area contributed by atoms with E-state index in [2.05, 4.69) is 26.8 Å². The van der Waals surface area contributed by atoms with E-state index in [-0.39, 0.29) is 12.4 Å². The van der Waals surface area contributed by atoms with Crippen molar-refractivity contribution in [2.24, 2.45) is 0 Å². The first-order valence-electron chi connectivity index (χ1n) is 8.91. The highest BCUT2D eigenvalue weighted by Crippen LogP contribution is 2.25. The Hall–Kier alpha value is -1.57. The molecular weight excluding hydrogens is 326 g/mol. The van der Waals surface area contributed by atoms with Crippen molar-refractivity contribution >= 4 is 11.0 Å². The summed E-state index contributed by atoms with van der Waals surface area (Å²) >= 11 is 0. The molecule has 0 radical (unpaired) electrons. The number of likely N-dealkylation sites (tertiary alicyclic amines) is 2. The van der Waals surface area contributed by atoms with E-state index in [0.717, 1.165) is 25.9 Å². The molecule has 1 aromatic heterocycles. The van der Waals surface area contributed by atoms with Crippen LogP contribution in [-0.2, 0) is 11.3 Å². The first-order chi connectivity index (χ1) is 12.1. The van der Waals surface area contributed by atoms with Crippen LogP contribution in [0.5, 0.6) is 0 Å². The number of fused-ring (bicyclic) bond motifs is 1. The van der Waals surface area contributed by atoms with Crippen LogP contribution < -0.4 is 0 Å². The second-order valence-corrected chi connectivity index (χ2v) is 7.20. The molecule has 0 saturated carbocycles. The monoisotopic (exact) mass is 350 g/mol. The molecule has 0 bridgehead atoms. The zero-order valence-electron chi connectivity index (χ0n) is 14.4. The van der Waals surface area contributed by atoms with Gasteiger partial charge >= 0.3 is 0 Å². The summed E-state index contributed by atoms with van der Waals surface area (Å²) in [5.41, 5.74) is 1.32. The number of hydrogen-bond acceptors (Lipinski definition) is 4. The molecule has 136 valence electrons. The van der Waals surface area contributed by atoms with Gasteiger partial charge in [-0.3, -0.25) is 4.90 Å². The van der Waals surface area contributed by atoms with Gasteiger partial charge in [-0.05, 0) is 51.2 Å². The Morgan fingerprint density at radius 1 is 1.28 bits per heavy atom. The molecule has 2 aromatic rings. The summed E-state index contributed by atoms with van der Waals surface area (Å²) in [6, 6.07) is 4.86. The topological polar surface area (TPSA) is 44.4 Å². The molecule has 0 aliphatic carbocycles. The minimum Gasteiger partial charge on any atom is -0.366 e. The number of aromatic amines is 1. The van der Waals surface area contributed by atoms with Gasteiger partial charge in [0.05, 0.1) is 11.0 Å². The van der Waals surface area contributed by atoms with E-state index in [1.54, 1.807) is 6.07 Å². The van der Waals surface area contributed by atoms with E-state index < -0.39 is 12.3 Å². The Morgan fingerprint density at radius 2 is 2.08 bits per heavy atom. The average molecular weight is 350 g/mol. The summed E-state index contributed by atoms with van der Waals surface area (Å²) in [6.45, 7) is 3.43. The van der Waals surface area contributed by atoms with Gasteiger partial charge in [0.2, 0.25) is 0 Å². The summed E-state index contributed by atoms with van der Waals surface area (Å²) in [6.07, 6.45) is 0.780. The normalized spacial score (nSPS) is 26.7. The number of piperidine rings is 1.